The summed E-state index contributed by atoms with van der Waals surface area (Å²) in [4.78, 5) is 14.8. The molecule has 2 atom stereocenters. The van der Waals surface area contributed by atoms with Crippen LogP contribution in [-0.2, 0) is 16.1 Å². The molecule has 0 N–H and O–H groups in total. The zero-order chi connectivity index (χ0) is 17.2. The van der Waals surface area contributed by atoms with Gasteiger partial charge in [0.15, 0.2) is 0 Å². The summed E-state index contributed by atoms with van der Waals surface area (Å²) < 4.78 is 5.12. The third kappa shape index (κ3) is 3.33. The van der Waals surface area contributed by atoms with E-state index in [2.05, 4.69) is 17.0 Å². The molecule has 0 aliphatic carbocycles. The second kappa shape index (κ2) is 6.96. The lowest BCUT2D eigenvalue weighted by molar-refractivity contribution is -0.151. The highest BCUT2D eigenvalue weighted by Crippen LogP contribution is 2.44. The number of hydrogen-bond donors (Lipinski definition) is 0. The van der Waals surface area contributed by atoms with E-state index in [1.54, 1.807) is 0 Å². The van der Waals surface area contributed by atoms with Gasteiger partial charge in [0.2, 0.25) is 0 Å². The van der Waals surface area contributed by atoms with E-state index in [0.29, 0.717) is 11.6 Å². The van der Waals surface area contributed by atoms with Gasteiger partial charge in [-0.2, -0.15) is 0 Å². The van der Waals surface area contributed by atoms with E-state index in [1.807, 2.05) is 49.4 Å². The highest BCUT2D eigenvalue weighted by molar-refractivity contribution is 6.30. The Bertz CT molecular complexity index is 701. The molecular formula is C20H22ClNO2. The van der Waals surface area contributed by atoms with Crippen LogP contribution in [0.15, 0.2) is 54.6 Å². The molecule has 3 rings (SSSR count). The van der Waals surface area contributed by atoms with Gasteiger partial charge in [0, 0.05) is 30.6 Å². The molecule has 3 nitrogen and oxygen atoms in total. The Morgan fingerprint density at radius 1 is 1.21 bits per heavy atom. The molecule has 2 aromatic carbocycles. The number of benzene rings is 2. The van der Waals surface area contributed by atoms with Crippen molar-refractivity contribution in [2.24, 2.45) is 5.41 Å². The Hall–Kier alpha value is -1.84. The number of methoxy groups -OCH3 is 1. The first kappa shape index (κ1) is 17.0. The van der Waals surface area contributed by atoms with Gasteiger partial charge in [-0.3, -0.25) is 9.69 Å². The Labute approximate surface area is 148 Å². The van der Waals surface area contributed by atoms with Crippen LogP contribution < -0.4 is 0 Å². The quantitative estimate of drug-likeness (QED) is 0.782. The summed E-state index contributed by atoms with van der Waals surface area (Å²) in [5.41, 5.74) is 1.82. The Morgan fingerprint density at radius 2 is 1.88 bits per heavy atom. The minimum Gasteiger partial charge on any atom is -0.469 e. The minimum absolute atomic E-state index is 0.0888. The first-order valence-electron chi connectivity index (χ1n) is 8.13. The molecule has 126 valence electrons. The molecule has 2 aromatic rings. The molecule has 1 saturated heterocycles. The fourth-order valence-corrected chi connectivity index (χ4v) is 3.80. The lowest BCUT2D eigenvalue weighted by atomic mass is 9.76. The topological polar surface area (TPSA) is 29.5 Å². The van der Waals surface area contributed by atoms with Gasteiger partial charge in [0.05, 0.1) is 12.5 Å². The van der Waals surface area contributed by atoms with Crippen LogP contribution in [-0.4, -0.2) is 31.1 Å². The van der Waals surface area contributed by atoms with Crippen LogP contribution in [0.1, 0.15) is 24.0 Å². The number of likely N-dealkylation sites (tertiary alicyclic amines) is 1. The summed E-state index contributed by atoms with van der Waals surface area (Å²) in [7, 11) is 1.46. The van der Waals surface area contributed by atoms with Crippen LogP contribution in [0.2, 0.25) is 5.02 Å². The standard InChI is InChI=1S/C20H22ClNO2/c1-20(19(23)24-2)14-22(12-15-6-4-3-5-7-15)13-18(20)16-8-10-17(21)11-9-16/h3-11,18H,12-14H2,1-2H3/t18-,20?/m1/s1. The SMILES string of the molecule is COC(=O)C1(C)CN(Cc2ccccc2)C[C@@H]1c1ccc(Cl)cc1. The molecule has 1 fully saturated rings. The molecule has 1 aliphatic heterocycles. The second-order valence-electron chi connectivity index (χ2n) is 6.67. The molecule has 1 aliphatic rings. The predicted octanol–water partition coefficient (Wildman–Crippen LogP) is 4.12. The number of ether oxygens (including phenoxy) is 1. The molecule has 0 spiro atoms. The Kier molecular flexibility index (Phi) is 4.93. The summed E-state index contributed by atoms with van der Waals surface area (Å²) in [6.45, 7) is 4.34. The number of rotatable bonds is 4. The van der Waals surface area contributed by atoms with Crippen molar-refractivity contribution in [2.45, 2.75) is 19.4 Å². The van der Waals surface area contributed by atoms with Gasteiger partial charge in [-0.05, 0) is 30.2 Å². The second-order valence-corrected chi connectivity index (χ2v) is 7.10. The molecule has 0 saturated carbocycles. The zero-order valence-corrected chi connectivity index (χ0v) is 14.8. The minimum atomic E-state index is -0.558. The lowest BCUT2D eigenvalue weighted by Gasteiger charge is -2.28. The van der Waals surface area contributed by atoms with Crippen LogP contribution >= 0.6 is 11.6 Å². The number of carbonyl (C=O) groups is 1. The predicted molar refractivity (Wildman–Crippen MR) is 96.0 cm³/mol. The maximum atomic E-state index is 12.5. The Balaban J connectivity index is 1.87. The molecule has 1 heterocycles. The summed E-state index contributed by atoms with van der Waals surface area (Å²) >= 11 is 6.01. The lowest BCUT2D eigenvalue weighted by Crippen LogP contribution is -2.36. The monoisotopic (exact) mass is 343 g/mol. The molecule has 0 aromatic heterocycles. The van der Waals surface area contributed by atoms with E-state index in [1.165, 1.54) is 12.7 Å². The largest absolute Gasteiger partial charge is 0.469 e. The number of halogens is 1. The molecule has 0 amide bonds. The molecule has 4 heteroatoms. The van der Waals surface area contributed by atoms with Gasteiger partial charge in [-0.1, -0.05) is 54.1 Å². The van der Waals surface area contributed by atoms with Gasteiger partial charge >= 0.3 is 5.97 Å². The van der Waals surface area contributed by atoms with Crippen molar-refractivity contribution >= 4 is 17.6 Å². The summed E-state index contributed by atoms with van der Waals surface area (Å²) in [6, 6.07) is 18.1. The average molecular weight is 344 g/mol. The number of nitrogens with zero attached hydrogens (tertiary/aromatic N) is 1. The van der Waals surface area contributed by atoms with E-state index < -0.39 is 5.41 Å². The molecule has 0 bridgehead atoms. The van der Waals surface area contributed by atoms with E-state index >= 15 is 0 Å². The van der Waals surface area contributed by atoms with Gasteiger partial charge in [-0.15, -0.1) is 0 Å². The fourth-order valence-electron chi connectivity index (χ4n) is 3.67. The Morgan fingerprint density at radius 3 is 2.50 bits per heavy atom. The third-order valence-corrected chi connectivity index (χ3v) is 5.19. The van der Waals surface area contributed by atoms with E-state index in [0.717, 1.165) is 18.7 Å². The smallest absolute Gasteiger partial charge is 0.313 e. The van der Waals surface area contributed by atoms with Crippen molar-refractivity contribution in [3.8, 4) is 0 Å². The van der Waals surface area contributed by atoms with Crippen LogP contribution in [0, 0.1) is 5.41 Å². The van der Waals surface area contributed by atoms with Crippen molar-refractivity contribution in [3.63, 3.8) is 0 Å². The van der Waals surface area contributed by atoms with Crippen LogP contribution in [0.4, 0.5) is 0 Å². The van der Waals surface area contributed by atoms with Crippen LogP contribution in [0.25, 0.3) is 0 Å². The maximum absolute atomic E-state index is 12.5. The fraction of sp³-hybridized carbons (Fsp3) is 0.350. The van der Waals surface area contributed by atoms with Gasteiger partial charge in [0.25, 0.3) is 0 Å². The molecule has 1 unspecified atom stereocenters. The highest BCUT2D eigenvalue weighted by Gasteiger charge is 2.49. The van der Waals surface area contributed by atoms with E-state index in [-0.39, 0.29) is 11.9 Å². The number of hydrogen-bond acceptors (Lipinski definition) is 3. The van der Waals surface area contributed by atoms with Crippen molar-refractivity contribution in [2.75, 3.05) is 20.2 Å². The van der Waals surface area contributed by atoms with Gasteiger partial charge < -0.3 is 4.74 Å². The van der Waals surface area contributed by atoms with Crippen molar-refractivity contribution < 1.29 is 9.53 Å². The van der Waals surface area contributed by atoms with Crippen molar-refractivity contribution in [1.82, 2.24) is 4.90 Å². The molecule has 0 radical (unpaired) electrons. The maximum Gasteiger partial charge on any atom is 0.313 e. The first-order valence-corrected chi connectivity index (χ1v) is 8.51. The number of esters is 1. The zero-order valence-electron chi connectivity index (χ0n) is 14.0. The molecular weight excluding hydrogens is 322 g/mol. The van der Waals surface area contributed by atoms with Gasteiger partial charge in [0.1, 0.15) is 0 Å². The average Bonchev–Trinajstić information content (AvgIpc) is 2.93. The summed E-state index contributed by atoms with van der Waals surface area (Å²) in [6.07, 6.45) is 0. The summed E-state index contributed by atoms with van der Waals surface area (Å²) in [5, 5.41) is 0.706. The normalized spacial score (nSPS) is 24.0. The molecule has 24 heavy (non-hydrogen) atoms. The van der Waals surface area contributed by atoms with Crippen molar-refractivity contribution in [1.29, 1.82) is 0 Å². The number of carbonyl (C=O) groups excluding carboxylic acids is 1. The third-order valence-electron chi connectivity index (χ3n) is 4.94. The van der Waals surface area contributed by atoms with Crippen molar-refractivity contribution in [3.05, 3.63) is 70.7 Å². The highest BCUT2D eigenvalue weighted by atomic mass is 35.5. The van der Waals surface area contributed by atoms with Crippen LogP contribution in [0.5, 0.6) is 0 Å². The van der Waals surface area contributed by atoms with E-state index in [4.69, 9.17) is 16.3 Å². The summed E-state index contributed by atoms with van der Waals surface area (Å²) in [5.74, 6) is -0.0658. The van der Waals surface area contributed by atoms with Gasteiger partial charge in [-0.25, -0.2) is 0 Å². The first-order chi connectivity index (χ1) is 11.5. The van der Waals surface area contributed by atoms with E-state index in [9.17, 15) is 4.79 Å². The van der Waals surface area contributed by atoms with Crippen LogP contribution in [0.3, 0.4) is 0 Å².